The number of thiophene rings is 1. The lowest BCUT2D eigenvalue weighted by Crippen LogP contribution is -2.47. The van der Waals surface area contributed by atoms with Crippen LogP contribution in [0.4, 0.5) is 10.2 Å². The predicted molar refractivity (Wildman–Crippen MR) is 139 cm³/mol. The molecule has 3 aliphatic rings. The lowest BCUT2D eigenvalue weighted by atomic mass is 10.1. The molecule has 37 heavy (non-hydrogen) atoms. The van der Waals surface area contributed by atoms with Crippen molar-refractivity contribution in [3.8, 4) is 11.4 Å². The van der Waals surface area contributed by atoms with Crippen LogP contribution in [0.2, 0.25) is 0 Å². The topological polar surface area (TPSA) is 86.8 Å². The van der Waals surface area contributed by atoms with E-state index in [0.717, 1.165) is 57.1 Å². The van der Waals surface area contributed by atoms with E-state index in [4.69, 9.17) is 19.4 Å². The number of rotatable bonds is 4. The SMILES string of the molecule is O=C1COCC2=CN(Cc3cc4nc(-c5c(F)ccc6[nH]ccc56)nc(N5CCOCC5)c4s3)CCN12. The van der Waals surface area contributed by atoms with Crippen LogP contribution < -0.4 is 4.90 Å². The zero-order valence-electron chi connectivity index (χ0n) is 20.1. The minimum Gasteiger partial charge on any atom is -0.378 e. The number of anilines is 1. The molecule has 0 bridgehead atoms. The van der Waals surface area contributed by atoms with Crippen molar-refractivity contribution in [3.05, 3.63) is 53.1 Å². The number of H-pyrrole nitrogens is 1. The molecule has 0 aliphatic carbocycles. The van der Waals surface area contributed by atoms with Crippen molar-refractivity contribution in [1.82, 2.24) is 24.8 Å². The van der Waals surface area contributed by atoms with E-state index >= 15 is 4.39 Å². The number of hydrogen-bond acceptors (Lipinski definition) is 8. The van der Waals surface area contributed by atoms with Crippen LogP contribution >= 0.6 is 11.3 Å². The molecule has 9 nitrogen and oxygen atoms in total. The summed E-state index contributed by atoms with van der Waals surface area (Å²) < 4.78 is 27.1. The number of carbonyl (C=O) groups excluding carboxylic acids is 1. The van der Waals surface area contributed by atoms with Gasteiger partial charge in [-0.25, -0.2) is 14.4 Å². The number of halogens is 1. The standard InChI is InChI=1S/C26H25FN6O3S/c27-19-1-2-20-18(3-4-28-20)23(19)25-29-21-11-17(37-24(21)26(30-25)32-7-9-35-10-8-32)13-31-5-6-33-16(12-31)14-36-15-22(33)34/h1-4,11-12,28H,5-10,13-15H2. The third kappa shape index (κ3) is 4.03. The normalized spacial score (nSPS) is 18.6. The first-order valence-electron chi connectivity index (χ1n) is 12.4. The van der Waals surface area contributed by atoms with Gasteiger partial charge in [-0.2, -0.15) is 0 Å². The number of aromatic nitrogens is 3. The fraction of sp³-hybridized carbons (Fsp3) is 0.346. The van der Waals surface area contributed by atoms with Crippen LogP contribution in [-0.4, -0.2) is 83.3 Å². The summed E-state index contributed by atoms with van der Waals surface area (Å²) in [4.78, 5) is 32.4. The van der Waals surface area contributed by atoms with Gasteiger partial charge < -0.3 is 29.2 Å². The van der Waals surface area contributed by atoms with Gasteiger partial charge in [-0.1, -0.05) is 0 Å². The zero-order valence-corrected chi connectivity index (χ0v) is 20.9. The molecule has 1 N–H and O–H groups in total. The van der Waals surface area contributed by atoms with Crippen LogP contribution in [0.5, 0.6) is 0 Å². The Bertz CT molecular complexity index is 1540. The highest BCUT2D eigenvalue weighted by atomic mass is 32.1. The van der Waals surface area contributed by atoms with Crippen LogP contribution in [0.3, 0.4) is 0 Å². The maximum Gasteiger partial charge on any atom is 0.252 e. The first-order chi connectivity index (χ1) is 18.1. The van der Waals surface area contributed by atoms with Crippen LogP contribution in [0, 0.1) is 5.82 Å². The second-order valence-corrected chi connectivity index (χ2v) is 10.5. The van der Waals surface area contributed by atoms with Gasteiger partial charge in [-0.15, -0.1) is 11.3 Å². The molecule has 0 spiro atoms. The third-order valence-electron chi connectivity index (χ3n) is 7.05. The number of benzene rings is 1. The number of amides is 1. The van der Waals surface area contributed by atoms with Gasteiger partial charge in [0.25, 0.3) is 5.91 Å². The zero-order chi connectivity index (χ0) is 24.9. The minimum absolute atomic E-state index is 0.0154. The molecule has 3 aromatic heterocycles. The van der Waals surface area contributed by atoms with E-state index < -0.39 is 0 Å². The Hall–Kier alpha value is -3.54. The van der Waals surface area contributed by atoms with Crippen molar-refractivity contribution in [2.45, 2.75) is 6.54 Å². The van der Waals surface area contributed by atoms with Crippen LogP contribution in [0.25, 0.3) is 32.5 Å². The molecule has 6 heterocycles. The van der Waals surface area contributed by atoms with Gasteiger partial charge >= 0.3 is 0 Å². The summed E-state index contributed by atoms with van der Waals surface area (Å²) in [5, 5.41) is 0.761. The molecular formula is C26H25FN6O3S. The van der Waals surface area contributed by atoms with Gasteiger partial charge in [0.2, 0.25) is 0 Å². The number of fused-ring (bicyclic) bond motifs is 3. The fourth-order valence-corrected chi connectivity index (χ4v) is 6.38. The number of nitrogens with one attached hydrogen (secondary N) is 1. The van der Waals surface area contributed by atoms with E-state index in [0.29, 0.717) is 44.3 Å². The smallest absolute Gasteiger partial charge is 0.252 e. The van der Waals surface area contributed by atoms with Gasteiger partial charge in [0.15, 0.2) is 11.6 Å². The minimum atomic E-state index is -0.344. The Morgan fingerprint density at radius 2 is 1.95 bits per heavy atom. The molecule has 2 fully saturated rings. The summed E-state index contributed by atoms with van der Waals surface area (Å²) >= 11 is 1.66. The Kier molecular flexibility index (Phi) is 5.56. The number of ether oxygens (including phenoxy) is 2. The number of nitrogens with zero attached hydrogens (tertiary/aromatic N) is 5. The van der Waals surface area contributed by atoms with Gasteiger partial charge in [0, 0.05) is 54.4 Å². The molecular weight excluding hydrogens is 495 g/mol. The van der Waals surface area contributed by atoms with Gasteiger partial charge in [-0.3, -0.25) is 4.79 Å². The summed E-state index contributed by atoms with van der Waals surface area (Å²) in [6.07, 6.45) is 3.82. The van der Waals surface area contributed by atoms with Gasteiger partial charge in [0.05, 0.1) is 47.8 Å². The molecule has 4 aromatic rings. The summed E-state index contributed by atoms with van der Waals surface area (Å²) in [5.74, 6) is 0.876. The first kappa shape index (κ1) is 22.6. The molecule has 11 heteroatoms. The summed E-state index contributed by atoms with van der Waals surface area (Å²) in [6, 6.07) is 7.14. The number of aromatic amines is 1. The monoisotopic (exact) mass is 520 g/mol. The average Bonchev–Trinajstić information content (AvgIpc) is 3.55. The molecule has 0 atom stereocenters. The molecule has 7 rings (SSSR count). The Balaban J connectivity index is 1.30. The Morgan fingerprint density at radius 3 is 2.84 bits per heavy atom. The lowest BCUT2D eigenvalue weighted by Gasteiger charge is -2.37. The van der Waals surface area contributed by atoms with E-state index in [1.165, 1.54) is 6.07 Å². The van der Waals surface area contributed by atoms with Crippen LogP contribution in [0.1, 0.15) is 4.88 Å². The Morgan fingerprint density at radius 1 is 1.05 bits per heavy atom. The largest absolute Gasteiger partial charge is 0.378 e. The van der Waals surface area contributed by atoms with Gasteiger partial charge in [-0.05, 0) is 24.3 Å². The Labute approximate surface area is 216 Å². The highest BCUT2D eigenvalue weighted by molar-refractivity contribution is 7.19. The number of hydrogen-bond donors (Lipinski definition) is 1. The number of morpholine rings is 2. The molecule has 190 valence electrons. The fourth-order valence-electron chi connectivity index (χ4n) is 5.24. The number of carbonyl (C=O) groups is 1. The maximum absolute atomic E-state index is 15.2. The lowest BCUT2D eigenvalue weighted by molar-refractivity contribution is -0.139. The quantitative estimate of drug-likeness (QED) is 0.442. The van der Waals surface area contributed by atoms with Crippen molar-refractivity contribution in [3.63, 3.8) is 0 Å². The molecule has 3 aliphatic heterocycles. The molecule has 1 amide bonds. The average molecular weight is 521 g/mol. The van der Waals surface area contributed by atoms with E-state index in [1.807, 2.05) is 17.2 Å². The second-order valence-electron chi connectivity index (χ2n) is 9.39. The van der Waals surface area contributed by atoms with E-state index in [9.17, 15) is 4.79 Å². The molecule has 2 saturated heterocycles. The van der Waals surface area contributed by atoms with Gasteiger partial charge in [0.1, 0.15) is 12.4 Å². The van der Waals surface area contributed by atoms with Crippen LogP contribution in [0.15, 0.2) is 42.4 Å². The summed E-state index contributed by atoms with van der Waals surface area (Å²) in [5.41, 5.74) is 2.96. The van der Waals surface area contributed by atoms with E-state index in [1.54, 1.807) is 23.6 Å². The molecule has 0 saturated carbocycles. The third-order valence-corrected chi connectivity index (χ3v) is 8.15. The molecule has 0 unspecified atom stereocenters. The van der Waals surface area contributed by atoms with Crippen molar-refractivity contribution >= 4 is 44.2 Å². The van der Waals surface area contributed by atoms with Crippen molar-refractivity contribution < 1.29 is 18.7 Å². The summed E-state index contributed by atoms with van der Waals surface area (Å²) in [7, 11) is 0. The predicted octanol–water partition coefficient (Wildman–Crippen LogP) is 3.33. The maximum atomic E-state index is 15.2. The molecule has 0 radical (unpaired) electrons. The highest BCUT2D eigenvalue weighted by Crippen LogP contribution is 2.37. The van der Waals surface area contributed by atoms with Crippen LogP contribution in [-0.2, 0) is 20.8 Å². The van der Waals surface area contributed by atoms with Crippen molar-refractivity contribution in [2.24, 2.45) is 0 Å². The molecule has 1 aromatic carbocycles. The highest BCUT2D eigenvalue weighted by Gasteiger charge is 2.28. The van der Waals surface area contributed by atoms with E-state index in [2.05, 4.69) is 20.9 Å². The van der Waals surface area contributed by atoms with Crippen molar-refractivity contribution in [2.75, 3.05) is 57.5 Å². The van der Waals surface area contributed by atoms with Crippen molar-refractivity contribution in [1.29, 1.82) is 0 Å². The van der Waals surface area contributed by atoms with E-state index in [-0.39, 0.29) is 18.3 Å². The summed E-state index contributed by atoms with van der Waals surface area (Å²) in [6.45, 7) is 5.37. The first-order valence-corrected chi connectivity index (χ1v) is 13.2. The second kappa shape index (κ2) is 9.09.